The van der Waals surface area contributed by atoms with Crippen LogP contribution in [0.15, 0.2) is 54.6 Å². The molecule has 0 bridgehead atoms. The van der Waals surface area contributed by atoms with E-state index in [1.807, 2.05) is 42.3 Å². The van der Waals surface area contributed by atoms with E-state index in [-0.39, 0.29) is 11.9 Å². The summed E-state index contributed by atoms with van der Waals surface area (Å²) in [5.74, 6) is 0.0441. The van der Waals surface area contributed by atoms with Crippen LogP contribution in [-0.2, 0) is 11.2 Å². The number of nitrogens with one attached hydrogen (secondary N) is 1. The lowest BCUT2D eigenvalue weighted by atomic mass is 10.0. The van der Waals surface area contributed by atoms with Gasteiger partial charge in [0.05, 0.1) is 11.7 Å². The van der Waals surface area contributed by atoms with Crippen molar-refractivity contribution >= 4 is 11.6 Å². The fraction of sp³-hybridized carbons (Fsp3) is 0.235. The molecule has 0 saturated heterocycles. The fourth-order valence-electron chi connectivity index (χ4n) is 2.68. The molecule has 0 fully saturated rings. The number of anilines is 1. The summed E-state index contributed by atoms with van der Waals surface area (Å²) in [6, 6.07) is 18.7. The van der Waals surface area contributed by atoms with Crippen molar-refractivity contribution in [1.82, 2.24) is 5.43 Å². The molecule has 1 heterocycles. The molecule has 1 amide bonds. The van der Waals surface area contributed by atoms with Crippen molar-refractivity contribution in [2.75, 3.05) is 5.01 Å². The molecule has 1 atom stereocenters. The lowest BCUT2D eigenvalue weighted by Gasteiger charge is -2.28. The Labute approximate surface area is 119 Å². The van der Waals surface area contributed by atoms with Gasteiger partial charge in [0, 0.05) is 12.8 Å². The van der Waals surface area contributed by atoms with Crippen LogP contribution in [0.2, 0.25) is 0 Å². The molecule has 3 heteroatoms. The minimum Gasteiger partial charge on any atom is -0.277 e. The number of amides is 1. The molecule has 1 aliphatic heterocycles. The fourth-order valence-corrected chi connectivity index (χ4v) is 2.68. The van der Waals surface area contributed by atoms with Gasteiger partial charge in [-0.25, -0.2) is 0 Å². The van der Waals surface area contributed by atoms with E-state index in [0.29, 0.717) is 6.42 Å². The number of benzene rings is 2. The Balaban J connectivity index is 1.96. The zero-order valence-corrected chi connectivity index (χ0v) is 11.5. The van der Waals surface area contributed by atoms with Crippen LogP contribution < -0.4 is 10.4 Å². The number of carbonyl (C=O) groups excluding carboxylic acids is 1. The standard InChI is InChI=1S/C17H18N2O/c1-2-17(20)18-19-15-11-7-6-10-14(15)12-16(19)13-8-4-3-5-9-13/h3-11,16H,2,12H2,1H3,(H,18,20). The summed E-state index contributed by atoms with van der Waals surface area (Å²) in [4.78, 5) is 11.8. The van der Waals surface area contributed by atoms with Gasteiger partial charge in [0.1, 0.15) is 0 Å². The SMILES string of the molecule is CCC(=O)NN1c2ccccc2CC1c1ccccc1. The van der Waals surface area contributed by atoms with Crippen molar-refractivity contribution in [3.8, 4) is 0 Å². The van der Waals surface area contributed by atoms with E-state index in [4.69, 9.17) is 0 Å². The average Bonchev–Trinajstić information content (AvgIpc) is 2.87. The lowest BCUT2D eigenvalue weighted by molar-refractivity contribution is -0.121. The summed E-state index contributed by atoms with van der Waals surface area (Å²) in [6.07, 6.45) is 1.41. The van der Waals surface area contributed by atoms with E-state index >= 15 is 0 Å². The van der Waals surface area contributed by atoms with Gasteiger partial charge in [0.25, 0.3) is 0 Å². The maximum atomic E-state index is 11.8. The van der Waals surface area contributed by atoms with Crippen LogP contribution in [0.5, 0.6) is 0 Å². The number of hydrazine groups is 1. The van der Waals surface area contributed by atoms with Gasteiger partial charge in [-0.1, -0.05) is 55.5 Å². The molecule has 1 aliphatic rings. The summed E-state index contributed by atoms with van der Waals surface area (Å²) < 4.78 is 0. The van der Waals surface area contributed by atoms with Crippen molar-refractivity contribution in [3.05, 3.63) is 65.7 Å². The molecule has 0 aliphatic carbocycles. The van der Waals surface area contributed by atoms with Crippen LogP contribution in [-0.4, -0.2) is 5.91 Å². The van der Waals surface area contributed by atoms with Crippen LogP contribution >= 0.6 is 0 Å². The predicted octanol–water partition coefficient (Wildman–Crippen LogP) is 3.23. The highest BCUT2D eigenvalue weighted by Gasteiger charge is 2.31. The van der Waals surface area contributed by atoms with E-state index in [0.717, 1.165) is 12.1 Å². The summed E-state index contributed by atoms with van der Waals surface area (Å²) in [5, 5.41) is 2.01. The largest absolute Gasteiger partial charge is 0.277 e. The van der Waals surface area contributed by atoms with Crippen LogP contribution in [0, 0.1) is 0 Å². The van der Waals surface area contributed by atoms with Crippen molar-refractivity contribution in [3.63, 3.8) is 0 Å². The van der Waals surface area contributed by atoms with Gasteiger partial charge in [-0.05, 0) is 17.2 Å². The van der Waals surface area contributed by atoms with Crippen molar-refractivity contribution in [1.29, 1.82) is 0 Å². The minimum absolute atomic E-state index is 0.0441. The molecule has 1 N–H and O–H groups in total. The molecule has 0 saturated carbocycles. The number of nitrogens with zero attached hydrogens (tertiary/aromatic N) is 1. The first-order valence-electron chi connectivity index (χ1n) is 7.01. The number of rotatable bonds is 3. The van der Waals surface area contributed by atoms with Crippen LogP contribution in [0.1, 0.15) is 30.5 Å². The molecule has 0 aromatic heterocycles. The summed E-state index contributed by atoms with van der Waals surface area (Å²) >= 11 is 0. The third-order valence-electron chi connectivity index (χ3n) is 3.73. The predicted molar refractivity (Wildman–Crippen MR) is 80.2 cm³/mol. The van der Waals surface area contributed by atoms with Gasteiger partial charge in [-0.2, -0.15) is 0 Å². The topological polar surface area (TPSA) is 32.3 Å². The average molecular weight is 266 g/mol. The summed E-state index contributed by atoms with van der Waals surface area (Å²) in [6.45, 7) is 1.87. The molecular weight excluding hydrogens is 248 g/mol. The Morgan fingerprint density at radius 1 is 1.15 bits per heavy atom. The maximum Gasteiger partial charge on any atom is 0.238 e. The normalized spacial score (nSPS) is 16.9. The second-order valence-electron chi connectivity index (χ2n) is 5.02. The van der Waals surface area contributed by atoms with Crippen molar-refractivity contribution in [2.45, 2.75) is 25.8 Å². The van der Waals surface area contributed by atoms with Gasteiger partial charge >= 0.3 is 0 Å². The Hall–Kier alpha value is -2.29. The molecule has 2 aromatic carbocycles. The highest BCUT2D eigenvalue weighted by atomic mass is 16.2. The molecule has 3 nitrogen and oxygen atoms in total. The molecule has 2 aromatic rings. The Morgan fingerprint density at radius 2 is 1.85 bits per heavy atom. The zero-order chi connectivity index (χ0) is 13.9. The second-order valence-corrected chi connectivity index (χ2v) is 5.02. The van der Waals surface area contributed by atoms with Gasteiger partial charge in [0.2, 0.25) is 5.91 Å². The van der Waals surface area contributed by atoms with Crippen molar-refractivity contribution < 1.29 is 4.79 Å². The van der Waals surface area contributed by atoms with E-state index in [1.54, 1.807) is 0 Å². The number of para-hydroxylation sites is 1. The molecule has 0 radical (unpaired) electrons. The number of hydrogen-bond acceptors (Lipinski definition) is 2. The number of fused-ring (bicyclic) bond motifs is 1. The molecular formula is C17H18N2O. The van der Waals surface area contributed by atoms with E-state index in [9.17, 15) is 4.79 Å². The quantitative estimate of drug-likeness (QED) is 0.925. The smallest absolute Gasteiger partial charge is 0.238 e. The van der Waals surface area contributed by atoms with Crippen LogP contribution in [0.3, 0.4) is 0 Å². The second kappa shape index (κ2) is 5.37. The molecule has 0 spiro atoms. The summed E-state index contributed by atoms with van der Waals surface area (Å²) in [7, 11) is 0. The Kier molecular flexibility index (Phi) is 3.42. The molecule has 3 rings (SSSR count). The third kappa shape index (κ3) is 2.27. The highest BCUT2D eigenvalue weighted by Crippen LogP contribution is 2.38. The van der Waals surface area contributed by atoms with Crippen molar-refractivity contribution in [2.24, 2.45) is 0 Å². The molecule has 1 unspecified atom stereocenters. The van der Waals surface area contributed by atoms with E-state index < -0.39 is 0 Å². The first kappa shape index (κ1) is 12.7. The highest BCUT2D eigenvalue weighted by molar-refractivity contribution is 5.79. The van der Waals surface area contributed by atoms with Crippen LogP contribution in [0.4, 0.5) is 5.69 Å². The lowest BCUT2D eigenvalue weighted by Crippen LogP contribution is -2.42. The van der Waals surface area contributed by atoms with Gasteiger partial charge < -0.3 is 0 Å². The third-order valence-corrected chi connectivity index (χ3v) is 3.73. The maximum absolute atomic E-state index is 11.8. The first-order valence-corrected chi connectivity index (χ1v) is 7.01. The zero-order valence-electron chi connectivity index (χ0n) is 11.5. The molecule has 20 heavy (non-hydrogen) atoms. The minimum atomic E-state index is 0.0441. The van der Waals surface area contributed by atoms with E-state index in [2.05, 4.69) is 29.7 Å². The summed E-state index contributed by atoms with van der Waals surface area (Å²) in [5.41, 5.74) is 6.63. The Morgan fingerprint density at radius 3 is 2.60 bits per heavy atom. The van der Waals surface area contributed by atoms with Gasteiger partial charge in [0.15, 0.2) is 0 Å². The van der Waals surface area contributed by atoms with E-state index in [1.165, 1.54) is 11.1 Å². The molecule has 102 valence electrons. The number of carbonyl (C=O) groups is 1. The Bertz CT molecular complexity index is 609. The van der Waals surface area contributed by atoms with Crippen LogP contribution in [0.25, 0.3) is 0 Å². The number of hydrogen-bond donors (Lipinski definition) is 1. The monoisotopic (exact) mass is 266 g/mol. The first-order chi connectivity index (χ1) is 9.79. The van der Waals surface area contributed by atoms with Gasteiger partial charge in [-0.15, -0.1) is 0 Å². The van der Waals surface area contributed by atoms with Gasteiger partial charge in [-0.3, -0.25) is 15.2 Å².